The maximum absolute atomic E-state index is 11.0. The number of anilines is 1. The Labute approximate surface area is 103 Å². The second-order valence-electron chi connectivity index (χ2n) is 3.66. The lowest BCUT2D eigenvalue weighted by Crippen LogP contribution is -2.11. The van der Waals surface area contributed by atoms with Crippen LogP contribution in [0.3, 0.4) is 0 Å². The Morgan fingerprint density at radius 1 is 1.53 bits per heavy atom. The van der Waals surface area contributed by atoms with E-state index in [9.17, 15) is 4.79 Å². The molecule has 2 aromatic rings. The lowest BCUT2D eigenvalue weighted by molar-refractivity contribution is 0.100. The summed E-state index contributed by atoms with van der Waals surface area (Å²) < 4.78 is 0. The summed E-state index contributed by atoms with van der Waals surface area (Å²) in [5.74, 6) is -0.418. The van der Waals surface area contributed by atoms with Gasteiger partial charge in [0.2, 0.25) is 5.91 Å². The number of thiazole rings is 1. The first-order chi connectivity index (χ1) is 8.15. The number of rotatable bonds is 4. The molecule has 0 unspecified atom stereocenters. The fourth-order valence-electron chi connectivity index (χ4n) is 1.46. The number of nitrogens with zero attached hydrogens (tertiary/aromatic N) is 1. The molecule has 0 saturated heterocycles. The molecule has 0 atom stereocenters. The topological polar surface area (TPSA) is 68.0 Å². The van der Waals surface area contributed by atoms with Gasteiger partial charge in [0.1, 0.15) is 0 Å². The van der Waals surface area contributed by atoms with E-state index >= 15 is 0 Å². The summed E-state index contributed by atoms with van der Waals surface area (Å²) in [4.78, 5) is 15.4. The third-order valence-electron chi connectivity index (χ3n) is 2.29. The highest BCUT2D eigenvalue weighted by molar-refractivity contribution is 7.09. The molecule has 0 saturated carbocycles. The van der Waals surface area contributed by atoms with E-state index in [1.807, 2.05) is 18.4 Å². The Morgan fingerprint density at radius 2 is 2.35 bits per heavy atom. The Hall–Kier alpha value is -1.88. The molecule has 0 bridgehead atoms. The van der Waals surface area contributed by atoms with E-state index < -0.39 is 5.91 Å². The van der Waals surface area contributed by atoms with Crippen LogP contribution in [0.4, 0.5) is 5.69 Å². The van der Waals surface area contributed by atoms with E-state index in [1.165, 1.54) is 0 Å². The van der Waals surface area contributed by atoms with Gasteiger partial charge in [0.25, 0.3) is 0 Å². The maximum Gasteiger partial charge on any atom is 0.248 e. The standard InChI is InChI=1S/C12H13N3OS/c1-8-15-11(7-17-8)6-14-10-4-2-3-9(5-10)12(13)16/h2-5,7,14H,6H2,1H3,(H2,13,16). The largest absolute Gasteiger partial charge is 0.379 e. The van der Waals surface area contributed by atoms with Crippen molar-refractivity contribution >= 4 is 22.9 Å². The van der Waals surface area contributed by atoms with Gasteiger partial charge in [-0.05, 0) is 25.1 Å². The van der Waals surface area contributed by atoms with Crippen molar-refractivity contribution in [2.24, 2.45) is 5.73 Å². The van der Waals surface area contributed by atoms with Crippen molar-refractivity contribution in [2.75, 3.05) is 5.32 Å². The Balaban J connectivity index is 2.04. The maximum atomic E-state index is 11.0. The average molecular weight is 247 g/mol. The van der Waals surface area contributed by atoms with Crippen LogP contribution in [-0.2, 0) is 6.54 Å². The number of nitrogens with one attached hydrogen (secondary N) is 1. The summed E-state index contributed by atoms with van der Waals surface area (Å²) in [6.07, 6.45) is 0. The molecule has 0 radical (unpaired) electrons. The molecule has 4 nitrogen and oxygen atoms in total. The Bertz CT molecular complexity index is 536. The summed E-state index contributed by atoms with van der Waals surface area (Å²) in [6.45, 7) is 2.62. The molecule has 0 fully saturated rings. The number of benzene rings is 1. The minimum Gasteiger partial charge on any atom is -0.379 e. The number of hydrogen-bond donors (Lipinski definition) is 2. The zero-order valence-corrected chi connectivity index (χ0v) is 10.3. The fraction of sp³-hybridized carbons (Fsp3) is 0.167. The van der Waals surface area contributed by atoms with E-state index in [0.29, 0.717) is 12.1 Å². The molecule has 1 aromatic carbocycles. The lowest BCUT2D eigenvalue weighted by atomic mass is 10.2. The summed E-state index contributed by atoms with van der Waals surface area (Å²) in [5, 5.41) is 6.27. The predicted octanol–water partition coefficient (Wildman–Crippen LogP) is 2.16. The van der Waals surface area contributed by atoms with E-state index in [4.69, 9.17) is 5.73 Å². The molecule has 5 heteroatoms. The fourth-order valence-corrected chi connectivity index (χ4v) is 2.08. The number of carbonyl (C=O) groups excluding carboxylic acids is 1. The number of aromatic nitrogens is 1. The Morgan fingerprint density at radius 3 is 3.00 bits per heavy atom. The van der Waals surface area contributed by atoms with E-state index in [-0.39, 0.29) is 0 Å². The molecular weight excluding hydrogens is 234 g/mol. The molecule has 0 aliphatic carbocycles. The van der Waals surface area contributed by atoms with Crippen LogP contribution in [0.1, 0.15) is 21.1 Å². The van der Waals surface area contributed by atoms with Crippen molar-refractivity contribution in [3.8, 4) is 0 Å². The van der Waals surface area contributed by atoms with E-state index in [2.05, 4.69) is 10.3 Å². The lowest BCUT2D eigenvalue weighted by Gasteiger charge is -2.05. The molecule has 1 aromatic heterocycles. The summed E-state index contributed by atoms with van der Waals surface area (Å²) >= 11 is 1.62. The van der Waals surface area contributed by atoms with Gasteiger partial charge in [-0.25, -0.2) is 4.98 Å². The van der Waals surface area contributed by atoms with Crippen molar-refractivity contribution in [1.29, 1.82) is 0 Å². The van der Waals surface area contributed by atoms with Crippen LogP contribution in [0.15, 0.2) is 29.6 Å². The third kappa shape index (κ3) is 3.04. The second kappa shape index (κ2) is 4.97. The smallest absolute Gasteiger partial charge is 0.248 e. The van der Waals surface area contributed by atoms with E-state index in [0.717, 1.165) is 16.4 Å². The SMILES string of the molecule is Cc1nc(CNc2cccc(C(N)=O)c2)cs1. The molecule has 0 aliphatic heterocycles. The second-order valence-corrected chi connectivity index (χ2v) is 4.72. The van der Waals surface area contributed by atoms with Gasteiger partial charge in [0.15, 0.2) is 0 Å². The monoisotopic (exact) mass is 247 g/mol. The Kier molecular flexibility index (Phi) is 3.39. The van der Waals surface area contributed by atoms with Crippen molar-refractivity contribution < 1.29 is 4.79 Å². The number of hydrogen-bond acceptors (Lipinski definition) is 4. The molecule has 0 aliphatic rings. The van der Waals surface area contributed by atoms with Crippen LogP contribution in [0.5, 0.6) is 0 Å². The van der Waals surface area contributed by atoms with Crippen molar-refractivity contribution in [2.45, 2.75) is 13.5 Å². The number of aryl methyl sites for hydroxylation is 1. The van der Waals surface area contributed by atoms with Crippen molar-refractivity contribution in [3.05, 3.63) is 45.9 Å². The van der Waals surface area contributed by atoms with Crippen LogP contribution in [0.2, 0.25) is 0 Å². The van der Waals surface area contributed by atoms with Crippen LogP contribution >= 0.6 is 11.3 Å². The van der Waals surface area contributed by atoms with Gasteiger partial charge in [-0.2, -0.15) is 0 Å². The zero-order valence-electron chi connectivity index (χ0n) is 9.43. The average Bonchev–Trinajstić information content (AvgIpc) is 2.73. The van der Waals surface area contributed by atoms with Gasteiger partial charge in [0, 0.05) is 16.6 Å². The normalized spacial score (nSPS) is 10.2. The number of amides is 1. The van der Waals surface area contributed by atoms with Gasteiger partial charge in [-0.1, -0.05) is 6.07 Å². The molecule has 1 heterocycles. The predicted molar refractivity (Wildman–Crippen MR) is 69.1 cm³/mol. The van der Waals surface area contributed by atoms with E-state index in [1.54, 1.807) is 29.5 Å². The van der Waals surface area contributed by atoms with Crippen LogP contribution in [0, 0.1) is 6.92 Å². The molecule has 3 N–H and O–H groups in total. The molecule has 0 spiro atoms. The van der Waals surface area contributed by atoms with Crippen LogP contribution in [-0.4, -0.2) is 10.9 Å². The minimum absolute atomic E-state index is 0.418. The highest BCUT2D eigenvalue weighted by Crippen LogP contribution is 2.13. The number of nitrogens with two attached hydrogens (primary N) is 1. The van der Waals surface area contributed by atoms with Crippen LogP contribution < -0.4 is 11.1 Å². The van der Waals surface area contributed by atoms with Gasteiger partial charge < -0.3 is 11.1 Å². The quantitative estimate of drug-likeness (QED) is 0.870. The van der Waals surface area contributed by atoms with Gasteiger partial charge >= 0.3 is 0 Å². The highest BCUT2D eigenvalue weighted by atomic mass is 32.1. The molecule has 17 heavy (non-hydrogen) atoms. The highest BCUT2D eigenvalue weighted by Gasteiger charge is 2.02. The first-order valence-electron chi connectivity index (χ1n) is 5.20. The summed E-state index contributed by atoms with van der Waals surface area (Å²) in [6, 6.07) is 7.13. The zero-order chi connectivity index (χ0) is 12.3. The molecule has 2 rings (SSSR count). The number of primary amides is 1. The minimum atomic E-state index is -0.418. The van der Waals surface area contributed by atoms with Crippen LogP contribution in [0.25, 0.3) is 0 Å². The molecule has 88 valence electrons. The molecular formula is C12H13N3OS. The number of carbonyl (C=O) groups is 1. The van der Waals surface area contributed by atoms with Gasteiger partial charge in [-0.3, -0.25) is 4.79 Å². The summed E-state index contributed by atoms with van der Waals surface area (Å²) in [5.41, 5.74) is 7.58. The van der Waals surface area contributed by atoms with Crippen molar-refractivity contribution in [3.63, 3.8) is 0 Å². The van der Waals surface area contributed by atoms with Crippen molar-refractivity contribution in [1.82, 2.24) is 4.98 Å². The van der Waals surface area contributed by atoms with Gasteiger partial charge in [0.05, 0.1) is 17.2 Å². The first-order valence-corrected chi connectivity index (χ1v) is 6.08. The summed E-state index contributed by atoms with van der Waals surface area (Å²) in [7, 11) is 0. The first kappa shape index (κ1) is 11.6. The van der Waals surface area contributed by atoms with Gasteiger partial charge in [-0.15, -0.1) is 11.3 Å². The molecule has 1 amide bonds. The third-order valence-corrected chi connectivity index (χ3v) is 3.11.